The molecule has 12 heavy (non-hydrogen) atoms. The molecular weight excluding hydrogens is 156 g/mol. The van der Waals surface area contributed by atoms with Gasteiger partial charge in [0.05, 0.1) is 12.7 Å². The summed E-state index contributed by atoms with van der Waals surface area (Å²) in [6.07, 6.45) is 1.60. The van der Waals surface area contributed by atoms with Crippen molar-refractivity contribution in [2.75, 3.05) is 20.3 Å². The molecule has 0 aromatic heterocycles. The maximum Gasteiger partial charge on any atom is 0.132 e. The van der Waals surface area contributed by atoms with Crippen LogP contribution >= 0.6 is 0 Å². The van der Waals surface area contributed by atoms with Crippen molar-refractivity contribution in [2.45, 2.75) is 25.9 Å². The minimum atomic E-state index is 0.0602. The van der Waals surface area contributed by atoms with Crippen LogP contribution in [0.3, 0.4) is 0 Å². The summed E-state index contributed by atoms with van der Waals surface area (Å²) in [5, 5.41) is 0. The Hall–Kier alpha value is -0.410. The zero-order chi connectivity index (χ0) is 8.97. The quantitative estimate of drug-likeness (QED) is 0.635. The van der Waals surface area contributed by atoms with Gasteiger partial charge < -0.3 is 9.47 Å². The van der Waals surface area contributed by atoms with E-state index in [1.807, 2.05) is 0 Å². The number of carbonyl (C=O) groups excluding carboxylic acids is 1. The Morgan fingerprint density at radius 3 is 2.92 bits per heavy atom. The minimum Gasteiger partial charge on any atom is -0.381 e. The lowest BCUT2D eigenvalue weighted by Gasteiger charge is -2.19. The van der Waals surface area contributed by atoms with Crippen LogP contribution in [0.4, 0.5) is 0 Å². The molecule has 1 heterocycles. The second kappa shape index (κ2) is 4.58. The van der Waals surface area contributed by atoms with Gasteiger partial charge in [-0.3, -0.25) is 4.79 Å². The molecular formula is C9H16O3. The second-order valence-corrected chi connectivity index (χ2v) is 3.30. The molecule has 0 saturated carbocycles. The SMILES string of the molecule is COC(CC(C)=O)C1CCOC1. The fraction of sp³-hybridized carbons (Fsp3) is 0.889. The second-order valence-electron chi connectivity index (χ2n) is 3.30. The van der Waals surface area contributed by atoms with Gasteiger partial charge >= 0.3 is 0 Å². The van der Waals surface area contributed by atoms with E-state index < -0.39 is 0 Å². The van der Waals surface area contributed by atoms with Gasteiger partial charge in [0.25, 0.3) is 0 Å². The molecule has 1 aliphatic heterocycles. The first kappa shape index (κ1) is 9.68. The van der Waals surface area contributed by atoms with Gasteiger partial charge in [-0.15, -0.1) is 0 Å². The van der Waals surface area contributed by atoms with Crippen molar-refractivity contribution >= 4 is 5.78 Å². The van der Waals surface area contributed by atoms with Crippen LogP contribution in [0.15, 0.2) is 0 Å². The fourth-order valence-corrected chi connectivity index (χ4v) is 1.57. The van der Waals surface area contributed by atoms with E-state index in [1.54, 1.807) is 14.0 Å². The Bertz CT molecular complexity index is 150. The standard InChI is InChI=1S/C9H16O3/c1-7(10)5-9(11-2)8-3-4-12-6-8/h8-9H,3-6H2,1-2H3. The molecule has 70 valence electrons. The van der Waals surface area contributed by atoms with Gasteiger partial charge in [0.15, 0.2) is 0 Å². The number of Topliss-reactive ketones (excluding diaryl/α,β-unsaturated/α-hetero) is 1. The zero-order valence-corrected chi connectivity index (χ0v) is 7.71. The highest BCUT2D eigenvalue weighted by Gasteiger charge is 2.26. The molecule has 2 unspecified atom stereocenters. The van der Waals surface area contributed by atoms with E-state index in [-0.39, 0.29) is 11.9 Å². The molecule has 1 aliphatic rings. The molecule has 0 spiro atoms. The highest BCUT2D eigenvalue weighted by molar-refractivity contribution is 5.76. The summed E-state index contributed by atoms with van der Waals surface area (Å²) in [6, 6.07) is 0. The molecule has 3 heteroatoms. The van der Waals surface area contributed by atoms with Gasteiger partial charge in [-0.2, -0.15) is 0 Å². The Morgan fingerprint density at radius 1 is 1.75 bits per heavy atom. The van der Waals surface area contributed by atoms with Crippen molar-refractivity contribution < 1.29 is 14.3 Å². The molecule has 0 bridgehead atoms. The molecule has 1 fully saturated rings. The predicted molar refractivity (Wildman–Crippen MR) is 45.0 cm³/mol. The molecule has 0 radical (unpaired) electrons. The zero-order valence-electron chi connectivity index (χ0n) is 7.71. The van der Waals surface area contributed by atoms with Crippen molar-refractivity contribution in [1.29, 1.82) is 0 Å². The average Bonchev–Trinajstić information content (AvgIpc) is 2.51. The van der Waals surface area contributed by atoms with Crippen molar-refractivity contribution in [2.24, 2.45) is 5.92 Å². The molecule has 1 saturated heterocycles. The van der Waals surface area contributed by atoms with Crippen molar-refractivity contribution in [3.8, 4) is 0 Å². The summed E-state index contributed by atoms with van der Waals surface area (Å²) < 4.78 is 10.5. The summed E-state index contributed by atoms with van der Waals surface area (Å²) in [7, 11) is 1.66. The number of carbonyl (C=O) groups is 1. The van der Waals surface area contributed by atoms with Crippen LogP contribution in [0.25, 0.3) is 0 Å². The molecule has 0 aliphatic carbocycles. The number of hydrogen-bond donors (Lipinski definition) is 0. The predicted octanol–water partition coefficient (Wildman–Crippen LogP) is 1.02. The first-order valence-corrected chi connectivity index (χ1v) is 4.34. The van der Waals surface area contributed by atoms with E-state index in [0.29, 0.717) is 12.3 Å². The largest absolute Gasteiger partial charge is 0.381 e. The van der Waals surface area contributed by atoms with Crippen LogP contribution in [0.2, 0.25) is 0 Å². The third-order valence-corrected chi connectivity index (χ3v) is 2.28. The average molecular weight is 172 g/mol. The monoisotopic (exact) mass is 172 g/mol. The van der Waals surface area contributed by atoms with E-state index in [0.717, 1.165) is 19.6 Å². The highest BCUT2D eigenvalue weighted by Crippen LogP contribution is 2.21. The van der Waals surface area contributed by atoms with Crippen LogP contribution in [0, 0.1) is 5.92 Å². The van der Waals surface area contributed by atoms with Gasteiger partial charge in [0, 0.05) is 26.1 Å². The molecule has 0 aromatic rings. The Morgan fingerprint density at radius 2 is 2.50 bits per heavy atom. The number of ether oxygens (including phenoxy) is 2. The van der Waals surface area contributed by atoms with E-state index in [1.165, 1.54) is 0 Å². The first-order chi connectivity index (χ1) is 5.74. The smallest absolute Gasteiger partial charge is 0.132 e. The number of ketones is 1. The third-order valence-electron chi connectivity index (χ3n) is 2.28. The van der Waals surface area contributed by atoms with Gasteiger partial charge in [-0.05, 0) is 13.3 Å². The van der Waals surface area contributed by atoms with E-state index >= 15 is 0 Å². The van der Waals surface area contributed by atoms with Gasteiger partial charge in [0.2, 0.25) is 0 Å². The highest BCUT2D eigenvalue weighted by atomic mass is 16.5. The Kier molecular flexibility index (Phi) is 3.69. The first-order valence-electron chi connectivity index (χ1n) is 4.34. The molecule has 0 N–H and O–H groups in total. The summed E-state index contributed by atoms with van der Waals surface area (Å²) >= 11 is 0. The van der Waals surface area contributed by atoms with Crippen LogP contribution in [0.1, 0.15) is 19.8 Å². The van der Waals surface area contributed by atoms with Gasteiger partial charge in [0.1, 0.15) is 5.78 Å². The number of hydrogen-bond acceptors (Lipinski definition) is 3. The third kappa shape index (κ3) is 2.57. The molecule has 1 rings (SSSR count). The summed E-state index contributed by atoms with van der Waals surface area (Å²) in [4.78, 5) is 10.8. The normalized spacial score (nSPS) is 25.7. The van der Waals surface area contributed by atoms with Crippen molar-refractivity contribution in [1.82, 2.24) is 0 Å². The summed E-state index contributed by atoms with van der Waals surface area (Å²) in [5.41, 5.74) is 0. The number of methoxy groups -OCH3 is 1. The molecule has 2 atom stereocenters. The molecule has 0 amide bonds. The van der Waals surface area contributed by atoms with Gasteiger partial charge in [-0.25, -0.2) is 0 Å². The van der Waals surface area contributed by atoms with Gasteiger partial charge in [-0.1, -0.05) is 0 Å². The molecule has 0 aromatic carbocycles. The van der Waals surface area contributed by atoms with E-state index in [4.69, 9.17) is 9.47 Å². The van der Waals surface area contributed by atoms with Crippen LogP contribution in [-0.4, -0.2) is 32.2 Å². The minimum absolute atomic E-state index is 0.0602. The lowest BCUT2D eigenvalue weighted by molar-refractivity contribution is -0.120. The Balaban J connectivity index is 2.37. The van der Waals surface area contributed by atoms with Crippen molar-refractivity contribution in [3.63, 3.8) is 0 Å². The van der Waals surface area contributed by atoms with E-state index in [2.05, 4.69) is 0 Å². The lowest BCUT2D eigenvalue weighted by Crippen LogP contribution is -2.25. The summed E-state index contributed by atoms with van der Waals surface area (Å²) in [5.74, 6) is 0.604. The maximum atomic E-state index is 10.8. The summed E-state index contributed by atoms with van der Waals surface area (Å²) in [6.45, 7) is 3.15. The van der Waals surface area contributed by atoms with Crippen molar-refractivity contribution in [3.05, 3.63) is 0 Å². The maximum absolute atomic E-state index is 10.8. The molecule has 3 nitrogen and oxygen atoms in total. The number of rotatable bonds is 4. The Labute approximate surface area is 73.0 Å². The van der Waals surface area contributed by atoms with E-state index in [9.17, 15) is 4.79 Å². The lowest BCUT2D eigenvalue weighted by atomic mass is 9.97. The van der Waals surface area contributed by atoms with Crippen LogP contribution in [0.5, 0.6) is 0 Å². The topological polar surface area (TPSA) is 35.5 Å². The fourth-order valence-electron chi connectivity index (χ4n) is 1.57. The van der Waals surface area contributed by atoms with Crippen LogP contribution in [-0.2, 0) is 14.3 Å². The van der Waals surface area contributed by atoms with Crippen LogP contribution < -0.4 is 0 Å².